The van der Waals surface area contributed by atoms with Crippen molar-refractivity contribution in [2.45, 2.75) is 65.5 Å². The standard InChI is InChI=1S/C18H27BrFN/c1-4-18(2,3)14-5-8-16(9-6-14)21-12-13-11-15(19)7-10-17(13)20/h7,10-11,14,16,21H,4-6,8-9,12H2,1-3H3. The second-order valence-corrected chi connectivity index (χ2v) is 7.92. The molecule has 0 aromatic heterocycles. The SMILES string of the molecule is CCC(C)(C)C1CCC(NCc2cc(Br)ccc2F)CC1. The smallest absolute Gasteiger partial charge is 0.127 e. The van der Waals surface area contributed by atoms with Crippen LogP contribution in [-0.2, 0) is 6.54 Å². The minimum Gasteiger partial charge on any atom is -0.310 e. The van der Waals surface area contributed by atoms with Crippen molar-refractivity contribution in [3.8, 4) is 0 Å². The van der Waals surface area contributed by atoms with Gasteiger partial charge in [0.25, 0.3) is 0 Å². The first-order valence-corrected chi connectivity index (χ1v) is 8.89. The summed E-state index contributed by atoms with van der Waals surface area (Å²) in [7, 11) is 0. The van der Waals surface area contributed by atoms with Crippen LogP contribution in [0.25, 0.3) is 0 Å². The van der Waals surface area contributed by atoms with E-state index < -0.39 is 0 Å². The highest BCUT2D eigenvalue weighted by Gasteiger charge is 2.31. The van der Waals surface area contributed by atoms with Crippen LogP contribution < -0.4 is 5.32 Å². The molecule has 1 fully saturated rings. The van der Waals surface area contributed by atoms with Crippen LogP contribution in [0, 0.1) is 17.2 Å². The molecule has 1 aliphatic carbocycles. The first kappa shape index (κ1) is 17.0. The van der Waals surface area contributed by atoms with E-state index in [-0.39, 0.29) is 5.82 Å². The van der Waals surface area contributed by atoms with E-state index in [2.05, 4.69) is 42.0 Å². The lowest BCUT2D eigenvalue weighted by Crippen LogP contribution is -2.36. The molecular weight excluding hydrogens is 329 g/mol. The zero-order chi connectivity index (χ0) is 15.5. The molecule has 0 heterocycles. The van der Waals surface area contributed by atoms with Crippen molar-refractivity contribution in [1.82, 2.24) is 5.32 Å². The van der Waals surface area contributed by atoms with E-state index in [1.54, 1.807) is 6.07 Å². The summed E-state index contributed by atoms with van der Waals surface area (Å²) in [6, 6.07) is 5.68. The van der Waals surface area contributed by atoms with E-state index in [9.17, 15) is 4.39 Å². The molecule has 1 saturated carbocycles. The van der Waals surface area contributed by atoms with Crippen molar-refractivity contribution >= 4 is 15.9 Å². The minimum atomic E-state index is -0.119. The van der Waals surface area contributed by atoms with E-state index in [1.165, 1.54) is 38.2 Å². The Morgan fingerprint density at radius 2 is 1.90 bits per heavy atom. The van der Waals surface area contributed by atoms with Crippen molar-refractivity contribution < 1.29 is 4.39 Å². The van der Waals surface area contributed by atoms with Gasteiger partial charge in [-0.15, -0.1) is 0 Å². The van der Waals surface area contributed by atoms with Crippen LogP contribution in [-0.4, -0.2) is 6.04 Å². The average molecular weight is 356 g/mol. The Balaban J connectivity index is 1.83. The highest BCUT2D eigenvalue weighted by Crippen LogP contribution is 2.40. The first-order valence-electron chi connectivity index (χ1n) is 8.09. The molecule has 0 unspecified atom stereocenters. The summed E-state index contributed by atoms with van der Waals surface area (Å²) in [5, 5.41) is 3.54. The molecule has 0 atom stereocenters. The van der Waals surface area contributed by atoms with Crippen molar-refractivity contribution in [1.29, 1.82) is 0 Å². The fourth-order valence-electron chi connectivity index (χ4n) is 3.30. The largest absolute Gasteiger partial charge is 0.310 e. The molecule has 21 heavy (non-hydrogen) atoms. The van der Waals surface area contributed by atoms with Gasteiger partial charge in [0.15, 0.2) is 0 Å². The number of halogens is 2. The normalized spacial score (nSPS) is 23.3. The predicted molar refractivity (Wildman–Crippen MR) is 90.8 cm³/mol. The molecule has 0 aliphatic heterocycles. The number of nitrogens with one attached hydrogen (secondary N) is 1. The summed E-state index contributed by atoms with van der Waals surface area (Å²) in [4.78, 5) is 0. The maximum atomic E-state index is 13.7. The lowest BCUT2D eigenvalue weighted by atomic mass is 9.69. The van der Waals surface area contributed by atoms with Crippen molar-refractivity contribution in [3.05, 3.63) is 34.1 Å². The van der Waals surface area contributed by atoms with Gasteiger partial charge in [-0.3, -0.25) is 0 Å². The van der Waals surface area contributed by atoms with E-state index in [0.717, 1.165) is 16.0 Å². The van der Waals surface area contributed by atoms with E-state index in [0.29, 0.717) is 18.0 Å². The van der Waals surface area contributed by atoms with Crippen LogP contribution in [0.2, 0.25) is 0 Å². The minimum absolute atomic E-state index is 0.119. The van der Waals surface area contributed by atoms with Gasteiger partial charge in [-0.2, -0.15) is 0 Å². The lowest BCUT2D eigenvalue weighted by Gasteiger charge is -2.39. The molecule has 0 amide bonds. The maximum absolute atomic E-state index is 13.7. The molecule has 118 valence electrons. The molecule has 1 aromatic carbocycles. The second kappa shape index (κ2) is 7.23. The first-order chi connectivity index (χ1) is 9.92. The fraction of sp³-hybridized carbons (Fsp3) is 0.667. The van der Waals surface area contributed by atoms with Crippen molar-refractivity contribution in [3.63, 3.8) is 0 Å². The predicted octanol–water partition coefficient (Wildman–Crippen LogP) is 5.67. The Hall–Kier alpha value is -0.410. The summed E-state index contributed by atoms with van der Waals surface area (Å²) in [5.41, 5.74) is 1.21. The molecule has 0 bridgehead atoms. The van der Waals surface area contributed by atoms with Crippen molar-refractivity contribution in [2.75, 3.05) is 0 Å². The van der Waals surface area contributed by atoms with Gasteiger partial charge in [0, 0.05) is 22.6 Å². The summed E-state index contributed by atoms with van der Waals surface area (Å²) < 4.78 is 14.7. The molecule has 0 saturated heterocycles. The van der Waals surface area contributed by atoms with Gasteiger partial charge in [-0.25, -0.2) is 4.39 Å². The Kier molecular flexibility index (Phi) is 5.84. The molecule has 1 N–H and O–H groups in total. The van der Waals surface area contributed by atoms with Gasteiger partial charge in [0.05, 0.1) is 0 Å². The third-order valence-electron chi connectivity index (χ3n) is 5.33. The van der Waals surface area contributed by atoms with Crippen LogP contribution in [0.3, 0.4) is 0 Å². The Bertz CT molecular complexity index is 464. The van der Waals surface area contributed by atoms with E-state index in [1.807, 2.05) is 6.07 Å². The average Bonchev–Trinajstić information content (AvgIpc) is 2.48. The summed E-state index contributed by atoms with van der Waals surface area (Å²) in [6.45, 7) is 7.70. The third-order valence-corrected chi connectivity index (χ3v) is 5.83. The van der Waals surface area contributed by atoms with E-state index in [4.69, 9.17) is 0 Å². The molecule has 1 aliphatic rings. The fourth-order valence-corrected chi connectivity index (χ4v) is 3.71. The number of rotatable bonds is 5. The van der Waals surface area contributed by atoms with Crippen molar-refractivity contribution in [2.24, 2.45) is 11.3 Å². The lowest BCUT2D eigenvalue weighted by molar-refractivity contribution is 0.136. The molecule has 1 nitrogen and oxygen atoms in total. The number of benzene rings is 1. The zero-order valence-electron chi connectivity index (χ0n) is 13.4. The highest BCUT2D eigenvalue weighted by atomic mass is 79.9. The van der Waals surface area contributed by atoms with Crippen LogP contribution in [0.1, 0.15) is 58.4 Å². The number of hydrogen-bond donors (Lipinski definition) is 1. The molecule has 1 aromatic rings. The Morgan fingerprint density at radius 3 is 2.52 bits per heavy atom. The molecule has 0 radical (unpaired) electrons. The molecule has 3 heteroatoms. The maximum Gasteiger partial charge on any atom is 0.127 e. The van der Waals surface area contributed by atoms with Crippen LogP contribution in [0.15, 0.2) is 22.7 Å². The summed E-state index contributed by atoms with van der Waals surface area (Å²) >= 11 is 3.41. The highest BCUT2D eigenvalue weighted by molar-refractivity contribution is 9.10. The Morgan fingerprint density at radius 1 is 1.24 bits per heavy atom. The van der Waals surface area contributed by atoms with Gasteiger partial charge in [0.2, 0.25) is 0 Å². The Labute approximate surface area is 136 Å². The van der Waals surface area contributed by atoms with Gasteiger partial charge >= 0.3 is 0 Å². The monoisotopic (exact) mass is 355 g/mol. The second-order valence-electron chi connectivity index (χ2n) is 7.01. The topological polar surface area (TPSA) is 12.0 Å². The van der Waals surface area contributed by atoms with E-state index >= 15 is 0 Å². The van der Waals surface area contributed by atoms with Gasteiger partial charge in [-0.05, 0) is 55.2 Å². The van der Waals surface area contributed by atoms with Crippen LogP contribution >= 0.6 is 15.9 Å². The third kappa shape index (κ3) is 4.53. The quantitative estimate of drug-likeness (QED) is 0.716. The molecule has 2 rings (SSSR count). The van der Waals surface area contributed by atoms with Crippen LogP contribution in [0.5, 0.6) is 0 Å². The van der Waals surface area contributed by atoms with Gasteiger partial charge < -0.3 is 5.32 Å². The van der Waals surface area contributed by atoms with Crippen LogP contribution in [0.4, 0.5) is 4.39 Å². The molecule has 0 spiro atoms. The van der Waals surface area contributed by atoms with Gasteiger partial charge in [-0.1, -0.05) is 43.1 Å². The van der Waals surface area contributed by atoms with Gasteiger partial charge in [0.1, 0.15) is 5.82 Å². The summed E-state index contributed by atoms with van der Waals surface area (Å²) in [5.74, 6) is 0.717. The molecular formula is C18H27BrFN. The number of hydrogen-bond acceptors (Lipinski definition) is 1. The summed E-state index contributed by atoms with van der Waals surface area (Å²) in [6.07, 6.45) is 6.26. The zero-order valence-corrected chi connectivity index (χ0v) is 15.0.